The Morgan fingerprint density at radius 3 is 2.33 bits per heavy atom. The molecule has 2 heterocycles. The number of piperazine rings is 1. The highest BCUT2D eigenvalue weighted by atomic mass is 16.2. The maximum Gasteiger partial charge on any atom is 0.236 e. The Bertz CT molecular complexity index is 796. The highest BCUT2D eigenvalue weighted by molar-refractivity contribution is 5.78. The van der Waals surface area contributed by atoms with Crippen molar-refractivity contribution in [3.8, 4) is 0 Å². The van der Waals surface area contributed by atoms with E-state index in [-0.39, 0.29) is 5.91 Å². The van der Waals surface area contributed by atoms with E-state index in [1.54, 1.807) is 0 Å². The van der Waals surface area contributed by atoms with Crippen LogP contribution in [-0.2, 0) is 24.3 Å². The lowest BCUT2D eigenvalue weighted by molar-refractivity contribution is -0.134. The van der Waals surface area contributed by atoms with Crippen molar-refractivity contribution in [2.24, 2.45) is 0 Å². The van der Waals surface area contributed by atoms with Crippen molar-refractivity contribution in [3.63, 3.8) is 0 Å². The molecule has 0 aliphatic carbocycles. The van der Waals surface area contributed by atoms with Crippen LogP contribution in [-0.4, -0.2) is 59.9 Å². The number of amides is 1. The lowest BCUT2D eigenvalue weighted by atomic mass is 10.00. The van der Waals surface area contributed by atoms with Gasteiger partial charge in [0.1, 0.15) is 0 Å². The molecule has 4 heteroatoms. The molecule has 1 fully saturated rings. The average molecular weight is 364 g/mol. The van der Waals surface area contributed by atoms with Crippen molar-refractivity contribution in [2.45, 2.75) is 26.4 Å². The minimum Gasteiger partial charge on any atom is -0.339 e. The predicted octanol–water partition coefficient (Wildman–Crippen LogP) is 2.70. The molecule has 0 unspecified atom stereocenters. The van der Waals surface area contributed by atoms with Crippen molar-refractivity contribution < 1.29 is 4.79 Å². The van der Waals surface area contributed by atoms with E-state index in [1.165, 1.54) is 22.3 Å². The minimum absolute atomic E-state index is 0.282. The van der Waals surface area contributed by atoms with Gasteiger partial charge < -0.3 is 4.90 Å². The molecule has 0 N–H and O–H groups in total. The zero-order chi connectivity index (χ0) is 18.6. The summed E-state index contributed by atoms with van der Waals surface area (Å²) in [6.45, 7) is 9.19. The Labute approximate surface area is 162 Å². The van der Waals surface area contributed by atoms with Gasteiger partial charge in [0.15, 0.2) is 0 Å². The summed E-state index contributed by atoms with van der Waals surface area (Å²) in [6.07, 6.45) is 1.05. The van der Waals surface area contributed by atoms with Gasteiger partial charge in [-0.3, -0.25) is 14.6 Å². The zero-order valence-corrected chi connectivity index (χ0v) is 16.2. The molecule has 142 valence electrons. The molecule has 0 bridgehead atoms. The van der Waals surface area contributed by atoms with Crippen molar-refractivity contribution >= 4 is 5.91 Å². The molecule has 0 radical (unpaired) electrons. The van der Waals surface area contributed by atoms with Gasteiger partial charge in [-0.05, 0) is 35.6 Å². The number of rotatable bonds is 4. The molecule has 4 nitrogen and oxygen atoms in total. The van der Waals surface area contributed by atoms with Crippen molar-refractivity contribution in [1.29, 1.82) is 0 Å². The lowest BCUT2D eigenvalue weighted by Gasteiger charge is -2.36. The number of nitrogens with zero attached hydrogens (tertiary/aromatic N) is 3. The summed E-state index contributed by atoms with van der Waals surface area (Å²) in [5.41, 5.74) is 5.55. The molecule has 1 saturated heterocycles. The van der Waals surface area contributed by atoms with Gasteiger partial charge in [-0.1, -0.05) is 48.5 Å². The Morgan fingerprint density at radius 1 is 0.852 bits per heavy atom. The standard InChI is InChI=1S/C23H29N3O/c1-19-6-2-3-8-21(19)16-24-12-14-26(15-13-24)23(27)18-25-11-10-20-7-4-5-9-22(20)17-25/h2-9H,10-18H2,1H3. The van der Waals surface area contributed by atoms with Crippen LogP contribution in [0, 0.1) is 6.92 Å². The second-order valence-corrected chi connectivity index (χ2v) is 7.81. The van der Waals surface area contributed by atoms with Gasteiger partial charge in [0, 0.05) is 45.8 Å². The van der Waals surface area contributed by atoms with Crippen LogP contribution in [0.5, 0.6) is 0 Å². The average Bonchev–Trinajstić information content (AvgIpc) is 2.70. The summed E-state index contributed by atoms with van der Waals surface area (Å²) in [7, 11) is 0. The van der Waals surface area contributed by atoms with Gasteiger partial charge >= 0.3 is 0 Å². The van der Waals surface area contributed by atoms with E-state index in [1.807, 2.05) is 0 Å². The van der Waals surface area contributed by atoms with Gasteiger partial charge in [-0.2, -0.15) is 0 Å². The van der Waals surface area contributed by atoms with Crippen LogP contribution >= 0.6 is 0 Å². The molecule has 2 aliphatic rings. The molecular weight excluding hydrogens is 334 g/mol. The molecule has 0 spiro atoms. The van der Waals surface area contributed by atoms with Crippen LogP contribution in [0.2, 0.25) is 0 Å². The first kappa shape index (κ1) is 18.2. The van der Waals surface area contributed by atoms with E-state index < -0.39 is 0 Å². The molecule has 0 aromatic heterocycles. The van der Waals surface area contributed by atoms with Crippen molar-refractivity contribution in [2.75, 3.05) is 39.3 Å². The molecule has 0 saturated carbocycles. The molecule has 2 aromatic rings. The number of carbonyl (C=O) groups is 1. The third-order valence-corrected chi connectivity index (χ3v) is 5.95. The van der Waals surface area contributed by atoms with Gasteiger partial charge in [-0.25, -0.2) is 0 Å². The maximum atomic E-state index is 12.8. The number of carbonyl (C=O) groups excluding carboxylic acids is 1. The number of benzene rings is 2. The highest BCUT2D eigenvalue weighted by Crippen LogP contribution is 2.19. The largest absolute Gasteiger partial charge is 0.339 e. The number of hydrogen-bond donors (Lipinski definition) is 0. The minimum atomic E-state index is 0.282. The number of fused-ring (bicyclic) bond motifs is 1. The van der Waals surface area contributed by atoms with Crippen LogP contribution in [0.1, 0.15) is 22.3 Å². The monoisotopic (exact) mass is 363 g/mol. The molecule has 1 amide bonds. The Balaban J connectivity index is 1.26. The van der Waals surface area contributed by atoms with E-state index in [9.17, 15) is 4.79 Å². The smallest absolute Gasteiger partial charge is 0.236 e. The highest BCUT2D eigenvalue weighted by Gasteiger charge is 2.24. The van der Waals surface area contributed by atoms with Crippen molar-refractivity contribution in [1.82, 2.24) is 14.7 Å². The second kappa shape index (κ2) is 8.24. The van der Waals surface area contributed by atoms with Crippen LogP contribution in [0.15, 0.2) is 48.5 Å². The summed E-state index contributed by atoms with van der Waals surface area (Å²) >= 11 is 0. The Morgan fingerprint density at radius 2 is 1.56 bits per heavy atom. The summed E-state index contributed by atoms with van der Waals surface area (Å²) in [5, 5.41) is 0. The summed E-state index contributed by atoms with van der Waals surface area (Å²) in [4.78, 5) is 19.6. The lowest BCUT2D eigenvalue weighted by Crippen LogP contribution is -2.51. The zero-order valence-electron chi connectivity index (χ0n) is 16.2. The molecular formula is C23H29N3O. The van der Waals surface area contributed by atoms with Gasteiger partial charge in [0.2, 0.25) is 5.91 Å². The number of hydrogen-bond acceptors (Lipinski definition) is 3. The Kier molecular flexibility index (Phi) is 5.55. The first-order valence-electron chi connectivity index (χ1n) is 10.0. The van der Waals surface area contributed by atoms with E-state index in [4.69, 9.17) is 0 Å². The van der Waals surface area contributed by atoms with Crippen LogP contribution < -0.4 is 0 Å². The van der Waals surface area contributed by atoms with Gasteiger partial charge in [0.05, 0.1) is 6.54 Å². The Hall–Kier alpha value is -2.17. The molecule has 27 heavy (non-hydrogen) atoms. The molecule has 4 rings (SSSR count). The van der Waals surface area contributed by atoms with Crippen LogP contribution in [0.3, 0.4) is 0 Å². The maximum absolute atomic E-state index is 12.8. The summed E-state index contributed by atoms with van der Waals surface area (Å²) in [6, 6.07) is 17.2. The fourth-order valence-corrected chi connectivity index (χ4v) is 4.16. The molecule has 0 atom stereocenters. The first-order chi connectivity index (χ1) is 13.2. The summed E-state index contributed by atoms with van der Waals surface area (Å²) < 4.78 is 0. The van der Waals surface area contributed by atoms with Crippen molar-refractivity contribution in [3.05, 3.63) is 70.8 Å². The molecule has 2 aromatic carbocycles. The van der Waals surface area contributed by atoms with Gasteiger partial charge in [-0.15, -0.1) is 0 Å². The normalized spacial score (nSPS) is 18.3. The van der Waals surface area contributed by atoms with E-state index >= 15 is 0 Å². The fourth-order valence-electron chi connectivity index (χ4n) is 4.16. The third-order valence-electron chi connectivity index (χ3n) is 5.95. The predicted molar refractivity (Wildman–Crippen MR) is 108 cm³/mol. The third kappa shape index (κ3) is 4.40. The van der Waals surface area contributed by atoms with Crippen LogP contribution in [0.25, 0.3) is 0 Å². The topological polar surface area (TPSA) is 26.8 Å². The van der Waals surface area contributed by atoms with E-state index in [0.29, 0.717) is 6.54 Å². The van der Waals surface area contributed by atoms with Crippen LogP contribution in [0.4, 0.5) is 0 Å². The molecule has 2 aliphatic heterocycles. The van der Waals surface area contributed by atoms with E-state index in [2.05, 4.69) is 70.2 Å². The van der Waals surface area contributed by atoms with Gasteiger partial charge in [0.25, 0.3) is 0 Å². The quantitative estimate of drug-likeness (QED) is 0.836. The summed E-state index contributed by atoms with van der Waals surface area (Å²) in [5.74, 6) is 0.282. The SMILES string of the molecule is Cc1ccccc1CN1CCN(C(=O)CN2CCc3ccccc3C2)CC1. The number of aryl methyl sites for hydroxylation is 1. The second-order valence-electron chi connectivity index (χ2n) is 7.81. The first-order valence-corrected chi connectivity index (χ1v) is 10.0. The van der Waals surface area contributed by atoms with E-state index in [0.717, 1.165) is 52.2 Å². The fraction of sp³-hybridized carbons (Fsp3) is 0.435.